The predicted molar refractivity (Wildman–Crippen MR) is 96.4 cm³/mol. The van der Waals surface area contributed by atoms with Crippen molar-refractivity contribution in [2.45, 2.75) is 13.0 Å². The zero-order valence-electron chi connectivity index (χ0n) is 14.0. The third-order valence-corrected chi connectivity index (χ3v) is 4.87. The number of rotatable bonds is 6. The highest BCUT2D eigenvalue weighted by Crippen LogP contribution is 2.33. The van der Waals surface area contributed by atoms with Crippen LogP contribution in [0.2, 0.25) is 5.02 Å². The molecule has 0 saturated heterocycles. The van der Waals surface area contributed by atoms with Crippen LogP contribution in [0.1, 0.15) is 31.2 Å². The standard InChI is InChI=1S/C17H16ClNO6S/c1-23-16(21)13-10(14(17(22)24-2)26-15(13)19)8-25-12(20)7-9-5-3-4-6-11(9)18/h3-6H,7-8,19H2,1-2H3. The van der Waals surface area contributed by atoms with Gasteiger partial charge in [-0.15, -0.1) is 11.3 Å². The van der Waals surface area contributed by atoms with Crippen LogP contribution in [0, 0.1) is 0 Å². The molecule has 0 aliphatic heterocycles. The number of thiophene rings is 1. The van der Waals surface area contributed by atoms with Gasteiger partial charge in [-0.25, -0.2) is 9.59 Å². The lowest BCUT2D eigenvalue weighted by molar-refractivity contribution is -0.144. The zero-order valence-corrected chi connectivity index (χ0v) is 15.6. The maximum absolute atomic E-state index is 12.1. The normalized spacial score (nSPS) is 10.3. The van der Waals surface area contributed by atoms with Crippen LogP contribution >= 0.6 is 22.9 Å². The van der Waals surface area contributed by atoms with Gasteiger partial charge in [-0.2, -0.15) is 0 Å². The molecule has 0 spiro atoms. The lowest BCUT2D eigenvalue weighted by Crippen LogP contribution is -2.13. The van der Waals surface area contributed by atoms with Gasteiger partial charge in [0.15, 0.2) is 0 Å². The monoisotopic (exact) mass is 397 g/mol. The molecule has 2 rings (SSSR count). The van der Waals surface area contributed by atoms with Gasteiger partial charge in [0.1, 0.15) is 22.0 Å². The van der Waals surface area contributed by atoms with Gasteiger partial charge >= 0.3 is 17.9 Å². The van der Waals surface area contributed by atoms with Crippen molar-refractivity contribution >= 4 is 45.8 Å². The Morgan fingerprint density at radius 3 is 2.38 bits per heavy atom. The van der Waals surface area contributed by atoms with Crippen LogP contribution < -0.4 is 5.73 Å². The maximum Gasteiger partial charge on any atom is 0.348 e. The van der Waals surface area contributed by atoms with Crippen LogP contribution in [-0.2, 0) is 32.0 Å². The highest BCUT2D eigenvalue weighted by atomic mass is 35.5. The Hall–Kier alpha value is -2.58. The molecule has 138 valence electrons. The summed E-state index contributed by atoms with van der Waals surface area (Å²) in [6, 6.07) is 6.86. The number of hydrogen-bond donors (Lipinski definition) is 1. The Kier molecular flexibility index (Phi) is 6.59. The SMILES string of the molecule is COC(=O)c1sc(N)c(C(=O)OC)c1COC(=O)Cc1ccccc1Cl. The van der Waals surface area contributed by atoms with Crippen molar-refractivity contribution in [3.8, 4) is 0 Å². The molecule has 26 heavy (non-hydrogen) atoms. The number of nitrogens with two attached hydrogens (primary N) is 1. The molecule has 2 aromatic rings. The first kappa shape index (κ1) is 19.7. The van der Waals surface area contributed by atoms with E-state index in [2.05, 4.69) is 9.47 Å². The van der Waals surface area contributed by atoms with E-state index in [1.165, 1.54) is 14.2 Å². The minimum absolute atomic E-state index is 0.0107. The topological polar surface area (TPSA) is 105 Å². The van der Waals surface area contributed by atoms with Gasteiger partial charge in [0.25, 0.3) is 0 Å². The van der Waals surface area contributed by atoms with Crippen molar-refractivity contribution in [1.82, 2.24) is 0 Å². The first-order valence-corrected chi connectivity index (χ1v) is 8.55. The molecule has 0 saturated carbocycles. The van der Waals surface area contributed by atoms with Gasteiger partial charge in [-0.3, -0.25) is 4.79 Å². The molecule has 1 heterocycles. The summed E-state index contributed by atoms with van der Waals surface area (Å²) in [5.74, 6) is -1.99. The van der Waals surface area contributed by atoms with E-state index in [9.17, 15) is 14.4 Å². The van der Waals surface area contributed by atoms with Crippen LogP contribution in [-0.4, -0.2) is 32.1 Å². The largest absolute Gasteiger partial charge is 0.465 e. The number of benzene rings is 1. The van der Waals surface area contributed by atoms with E-state index in [-0.39, 0.29) is 34.0 Å². The quantitative estimate of drug-likeness (QED) is 0.590. The summed E-state index contributed by atoms with van der Waals surface area (Å²) in [4.78, 5) is 36.1. The van der Waals surface area contributed by atoms with Crippen molar-refractivity contribution in [2.24, 2.45) is 0 Å². The van der Waals surface area contributed by atoms with E-state index < -0.39 is 17.9 Å². The molecular formula is C17H16ClNO6S. The van der Waals surface area contributed by atoms with Crippen molar-refractivity contribution in [3.05, 3.63) is 50.9 Å². The second kappa shape index (κ2) is 8.68. The summed E-state index contributed by atoms with van der Waals surface area (Å²) in [7, 11) is 2.38. The summed E-state index contributed by atoms with van der Waals surface area (Å²) < 4.78 is 14.6. The fraction of sp³-hybridized carbons (Fsp3) is 0.235. The Morgan fingerprint density at radius 2 is 1.77 bits per heavy atom. The fourth-order valence-electron chi connectivity index (χ4n) is 2.21. The van der Waals surface area contributed by atoms with Crippen molar-refractivity contribution < 1.29 is 28.6 Å². The Bertz CT molecular complexity index is 848. The number of hydrogen-bond acceptors (Lipinski definition) is 8. The Labute approximate surface area is 158 Å². The van der Waals surface area contributed by atoms with E-state index in [4.69, 9.17) is 22.1 Å². The lowest BCUT2D eigenvalue weighted by Gasteiger charge is -2.08. The third kappa shape index (κ3) is 4.33. The molecule has 0 fully saturated rings. The second-order valence-electron chi connectivity index (χ2n) is 5.06. The van der Waals surface area contributed by atoms with Crippen LogP contribution in [0.5, 0.6) is 0 Å². The van der Waals surface area contributed by atoms with Crippen molar-refractivity contribution in [1.29, 1.82) is 0 Å². The predicted octanol–water partition coefficient (Wildman–Crippen LogP) is 2.84. The first-order chi connectivity index (χ1) is 12.4. The smallest absolute Gasteiger partial charge is 0.348 e. The average Bonchev–Trinajstić information content (AvgIpc) is 2.97. The van der Waals surface area contributed by atoms with Crippen molar-refractivity contribution in [3.63, 3.8) is 0 Å². The summed E-state index contributed by atoms with van der Waals surface area (Å²) >= 11 is 6.88. The van der Waals surface area contributed by atoms with Crippen LogP contribution in [0.4, 0.5) is 5.00 Å². The second-order valence-corrected chi connectivity index (χ2v) is 6.52. The third-order valence-electron chi connectivity index (χ3n) is 3.46. The van der Waals surface area contributed by atoms with Gasteiger partial charge in [0, 0.05) is 10.6 Å². The lowest BCUT2D eigenvalue weighted by atomic mass is 10.1. The zero-order chi connectivity index (χ0) is 19.3. The van der Waals surface area contributed by atoms with Crippen LogP contribution in [0.25, 0.3) is 0 Å². The maximum atomic E-state index is 12.1. The Balaban J connectivity index is 2.22. The van der Waals surface area contributed by atoms with Crippen molar-refractivity contribution in [2.75, 3.05) is 20.0 Å². The molecule has 0 bridgehead atoms. The average molecular weight is 398 g/mol. The van der Waals surface area contributed by atoms with Gasteiger partial charge < -0.3 is 19.9 Å². The highest BCUT2D eigenvalue weighted by Gasteiger charge is 2.28. The number of carbonyl (C=O) groups excluding carboxylic acids is 3. The number of ether oxygens (including phenoxy) is 3. The molecule has 1 aromatic heterocycles. The minimum Gasteiger partial charge on any atom is -0.465 e. The van der Waals surface area contributed by atoms with Crippen LogP contribution in [0.15, 0.2) is 24.3 Å². The van der Waals surface area contributed by atoms with Gasteiger partial charge in [0.05, 0.1) is 20.6 Å². The molecule has 2 N–H and O–H groups in total. The van der Waals surface area contributed by atoms with Crippen LogP contribution in [0.3, 0.4) is 0 Å². The molecule has 0 amide bonds. The first-order valence-electron chi connectivity index (χ1n) is 7.35. The number of halogens is 1. The minimum atomic E-state index is -0.731. The highest BCUT2D eigenvalue weighted by molar-refractivity contribution is 7.18. The molecular weight excluding hydrogens is 382 g/mol. The van der Waals surface area contributed by atoms with Gasteiger partial charge in [-0.05, 0) is 11.6 Å². The van der Waals surface area contributed by atoms with Gasteiger partial charge in [-0.1, -0.05) is 29.8 Å². The van der Waals surface area contributed by atoms with E-state index in [1.807, 2.05) is 0 Å². The summed E-state index contributed by atoms with van der Waals surface area (Å²) in [6.07, 6.45) is -0.0552. The molecule has 0 radical (unpaired) electrons. The Morgan fingerprint density at radius 1 is 1.12 bits per heavy atom. The molecule has 7 nitrogen and oxygen atoms in total. The molecule has 0 aliphatic carbocycles. The molecule has 0 unspecified atom stereocenters. The van der Waals surface area contributed by atoms with E-state index in [1.54, 1.807) is 24.3 Å². The van der Waals surface area contributed by atoms with E-state index >= 15 is 0 Å². The van der Waals surface area contributed by atoms with Gasteiger partial charge in [0.2, 0.25) is 0 Å². The fourth-order valence-corrected chi connectivity index (χ4v) is 3.39. The summed E-state index contributed by atoms with van der Waals surface area (Å²) in [5, 5.41) is 0.518. The number of methoxy groups -OCH3 is 2. The summed E-state index contributed by atoms with van der Waals surface area (Å²) in [6.45, 7) is -0.328. The van der Waals surface area contributed by atoms with E-state index in [0.29, 0.717) is 10.6 Å². The number of esters is 3. The van der Waals surface area contributed by atoms with E-state index in [0.717, 1.165) is 11.3 Å². The molecule has 0 atom stereocenters. The molecule has 9 heteroatoms. The molecule has 1 aromatic carbocycles. The molecule has 0 aliphatic rings. The number of anilines is 1. The summed E-state index contributed by atoms with van der Waals surface area (Å²) in [5.41, 5.74) is 6.56. The number of nitrogen functional groups attached to an aromatic ring is 1. The number of carbonyl (C=O) groups is 3.